The Morgan fingerprint density at radius 3 is 1.89 bits per heavy atom. The first-order valence-electron chi connectivity index (χ1n) is 6.43. The second-order valence-electron chi connectivity index (χ2n) is 4.88. The largest absolute Gasteiger partial charge is 0.271 e. The average molecular weight is 258 g/mol. The van der Waals surface area contributed by atoms with Gasteiger partial charge in [-0.25, -0.2) is 4.39 Å². The first-order valence-corrected chi connectivity index (χ1v) is 6.43. The molecule has 0 heterocycles. The van der Waals surface area contributed by atoms with Crippen LogP contribution in [0.25, 0.3) is 0 Å². The van der Waals surface area contributed by atoms with E-state index in [0.29, 0.717) is 0 Å². The van der Waals surface area contributed by atoms with Crippen LogP contribution in [0.2, 0.25) is 0 Å². The van der Waals surface area contributed by atoms with Crippen molar-refractivity contribution in [1.29, 1.82) is 0 Å². The summed E-state index contributed by atoms with van der Waals surface area (Å²) in [6, 6.07) is 15.1. The van der Waals surface area contributed by atoms with Crippen molar-refractivity contribution in [1.82, 2.24) is 5.43 Å². The van der Waals surface area contributed by atoms with E-state index in [9.17, 15) is 4.39 Å². The van der Waals surface area contributed by atoms with Crippen molar-refractivity contribution in [3.8, 4) is 0 Å². The Morgan fingerprint density at radius 2 is 1.42 bits per heavy atom. The molecule has 0 aliphatic heterocycles. The van der Waals surface area contributed by atoms with Crippen molar-refractivity contribution in [2.24, 2.45) is 5.84 Å². The molecule has 2 aromatic rings. The molecule has 1 atom stereocenters. The van der Waals surface area contributed by atoms with Gasteiger partial charge in [0, 0.05) is 6.04 Å². The van der Waals surface area contributed by atoms with Crippen molar-refractivity contribution in [3.63, 3.8) is 0 Å². The molecule has 0 fully saturated rings. The number of nitrogens with one attached hydrogen (secondary N) is 1. The van der Waals surface area contributed by atoms with E-state index < -0.39 is 0 Å². The van der Waals surface area contributed by atoms with Crippen LogP contribution in [-0.2, 0) is 12.8 Å². The predicted molar refractivity (Wildman–Crippen MR) is 76.1 cm³/mol. The van der Waals surface area contributed by atoms with Crippen LogP contribution in [0.15, 0.2) is 48.5 Å². The summed E-state index contributed by atoms with van der Waals surface area (Å²) in [4.78, 5) is 0. The molecule has 0 radical (unpaired) electrons. The minimum Gasteiger partial charge on any atom is -0.271 e. The van der Waals surface area contributed by atoms with E-state index in [1.807, 2.05) is 0 Å². The molecule has 0 aliphatic carbocycles. The molecule has 1 unspecified atom stereocenters. The standard InChI is InChI=1S/C16H19FN2/c1-12-2-4-13(5-3-12)10-16(19-18)11-14-6-8-15(17)9-7-14/h2-9,16,19H,10-11,18H2,1H3. The Hall–Kier alpha value is -1.71. The summed E-state index contributed by atoms with van der Waals surface area (Å²) in [5, 5.41) is 0. The fourth-order valence-corrected chi connectivity index (χ4v) is 2.10. The van der Waals surface area contributed by atoms with E-state index in [4.69, 9.17) is 5.84 Å². The van der Waals surface area contributed by atoms with Gasteiger partial charge in [-0.2, -0.15) is 0 Å². The minimum atomic E-state index is -0.209. The van der Waals surface area contributed by atoms with Crippen molar-refractivity contribution in [2.45, 2.75) is 25.8 Å². The molecule has 0 aliphatic rings. The Labute approximate surface area is 113 Å². The number of benzene rings is 2. The zero-order chi connectivity index (χ0) is 13.7. The molecule has 19 heavy (non-hydrogen) atoms. The summed E-state index contributed by atoms with van der Waals surface area (Å²) in [7, 11) is 0. The summed E-state index contributed by atoms with van der Waals surface area (Å²) in [6.07, 6.45) is 1.64. The lowest BCUT2D eigenvalue weighted by Crippen LogP contribution is -2.38. The molecule has 2 rings (SSSR count). The van der Waals surface area contributed by atoms with Crippen molar-refractivity contribution in [3.05, 3.63) is 71.0 Å². The van der Waals surface area contributed by atoms with Gasteiger partial charge in [-0.15, -0.1) is 0 Å². The highest BCUT2D eigenvalue weighted by atomic mass is 19.1. The van der Waals surface area contributed by atoms with Gasteiger partial charge in [-0.1, -0.05) is 42.0 Å². The van der Waals surface area contributed by atoms with Crippen LogP contribution >= 0.6 is 0 Å². The van der Waals surface area contributed by atoms with E-state index >= 15 is 0 Å². The zero-order valence-corrected chi connectivity index (χ0v) is 11.1. The van der Waals surface area contributed by atoms with Crippen LogP contribution < -0.4 is 11.3 Å². The van der Waals surface area contributed by atoms with Crippen LogP contribution in [0.5, 0.6) is 0 Å². The number of hydrogen-bond donors (Lipinski definition) is 2. The van der Waals surface area contributed by atoms with Crippen LogP contribution in [-0.4, -0.2) is 6.04 Å². The summed E-state index contributed by atoms with van der Waals surface area (Å²) in [6.45, 7) is 2.07. The normalized spacial score (nSPS) is 12.4. The third kappa shape index (κ3) is 4.16. The van der Waals surface area contributed by atoms with Gasteiger partial charge in [-0.3, -0.25) is 11.3 Å². The highest BCUT2D eigenvalue weighted by Gasteiger charge is 2.09. The van der Waals surface area contributed by atoms with Crippen molar-refractivity contribution < 1.29 is 4.39 Å². The van der Waals surface area contributed by atoms with E-state index in [1.165, 1.54) is 23.3 Å². The molecule has 100 valence electrons. The molecule has 0 bridgehead atoms. The molecule has 0 saturated heterocycles. The van der Waals surface area contributed by atoms with Gasteiger partial charge >= 0.3 is 0 Å². The highest BCUT2D eigenvalue weighted by Crippen LogP contribution is 2.11. The molecule has 2 aromatic carbocycles. The fraction of sp³-hybridized carbons (Fsp3) is 0.250. The van der Waals surface area contributed by atoms with Gasteiger partial charge in [-0.05, 0) is 43.0 Å². The number of hydrazine groups is 1. The number of rotatable bonds is 5. The number of nitrogens with two attached hydrogens (primary N) is 1. The molecule has 3 heteroatoms. The summed E-state index contributed by atoms with van der Waals surface area (Å²) >= 11 is 0. The van der Waals surface area contributed by atoms with Gasteiger partial charge in [0.15, 0.2) is 0 Å². The molecule has 0 spiro atoms. The van der Waals surface area contributed by atoms with Crippen LogP contribution in [0.3, 0.4) is 0 Å². The average Bonchev–Trinajstić information content (AvgIpc) is 2.43. The first-order chi connectivity index (χ1) is 9.17. The maximum absolute atomic E-state index is 12.9. The smallest absolute Gasteiger partial charge is 0.123 e. The number of hydrogen-bond acceptors (Lipinski definition) is 2. The SMILES string of the molecule is Cc1ccc(CC(Cc2ccc(F)cc2)NN)cc1. The van der Waals surface area contributed by atoms with Gasteiger partial charge in [0.25, 0.3) is 0 Å². The van der Waals surface area contributed by atoms with Gasteiger partial charge in [0.1, 0.15) is 5.82 Å². The molecule has 2 nitrogen and oxygen atoms in total. The zero-order valence-electron chi connectivity index (χ0n) is 11.1. The Bertz CT molecular complexity index is 458. The third-order valence-corrected chi connectivity index (χ3v) is 3.23. The monoisotopic (exact) mass is 258 g/mol. The summed E-state index contributed by atoms with van der Waals surface area (Å²) in [5.74, 6) is 5.40. The lowest BCUT2D eigenvalue weighted by Gasteiger charge is -2.16. The van der Waals surface area contributed by atoms with Crippen molar-refractivity contribution >= 4 is 0 Å². The second kappa shape index (κ2) is 6.45. The molecule has 0 amide bonds. The van der Waals surface area contributed by atoms with Gasteiger partial charge < -0.3 is 0 Å². The van der Waals surface area contributed by atoms with E-state index in [-0.39, 0.29) is 11.9 Å². The van der Waals surface area contributed by atoms with E-state index in [0.717, 1.165) is 18.4 Å². The molecular formula is C16H19FN2. The van der Waals surface area contributed by atoms with Crippen LogP contribution in [0, 0.1) is 12.7 Å². The second-order valence-corrected chi connectivity index (χ2v) is 4.88. The Morgan fingerprint density at radius 1 is 0.947 bits per heavy atom. The maximum atomic E-state index is 12.9. The summed E-state index contributed by atoms with van der Waals surface area (Å²) in [5.41, 5.74) is 6.41. The molecule has 3 N–H and O–H groups in total. The maximum Gasteiger partial charge on any atom is 0.123 e. The van der Waals surface area contributed by atoms with Gasteiger partial charge in [0.2, 0.25) is 0 Å². The van der Waals surface area contributed by atoms with Gasteiger partial charge in [0.05, 0.1) is 0 Å². The number of aryl methyl sites for hydroxylation is 1. The van der Waals surface area contributed by atoms with E-state index in [2.05, 4.69) is 36.6 Å². The lowest BCUT2D eigenvalue weighted by molar-refractivity contribution is 0.522. The molecule has 0 saturated carbocycles. The van der Waals surface area contributed by atoms with Crippen LogP contribution in [0.4, 0.5) is 4.39 Å². The lowest BCUT2D eigenvalue weighted by atomic mass is 9.99. The molecular weight excluding hydrogens is 239 g/mol. The van der Waals surface area contributed by atoms with E-state index in [1.54, 1.807) is 12.1 Å². The Kier molecular flexibility index (Phi) is 4.66. The topological polar surface area (TPSA) is 38.0 Å². The quantitative estimate of drug-likeness (QED) is 0.639. The third-order valence-electron chi connectivity index (χ3n) is 3.23. The first kappa shape index (κ1) is 13.7. The number of halogens is 1. The predicted octanol–water partition coefficient (Wildman–Crippen LogP) is 2.75. The highest BCUT2D eigenvalue weighted by molar-refractivity contribution is 5.23. The minimum absolute atomic E-state index is 0.146. The van der Waals surface area contributed by atoms with Crippen LogP contribution in [0.1, 0.15) is 16.7 Å². The Balaban J connectivity index is 2.00. The fourth-order valence-electron chi connectivity index (χ4n) is 2.10. The summed E-state index contributed by atoms with van der Waals surface area (Å²) < 4.78 is 12.9. The molecule has 0 aromatic heterocycles. The van der Waals surface area contributed by atoms with Crippen molar-refractivity contribution in [2.75, 3.05) is 0 Å².